The van der Waals surface area contributed by atoms with E-state index < -0.39 is 0 Å². The maximum absolute atomic E-state index is 10.9. The van der Waals surface area contributed by atoms with Crippen molar-refractivity contribution in [3.8, 4) is 0 Å². The summed E-state index contributed by atoms with van der Waals surface area (Å²) < 4.78 is 4.93. The van der Waals surface area contributed by atoms with Crippen LogP contribution in [-0.4, -0.2) is 19.1 Å². The van der Waals surface area contributed by atoms with Crippen LogP contribution < -0.4 is 5.73 Å². The lowest BCUT2D eigenvalue weighted by molar-refractivity contribution is -0.140. The molecule has 0 fully saturated rings. The average Bonchev–Trinajstić information content (AvgIpc) is 2.05. The first kappa shape index (κ1) is 11.2. The molecule has 3 heteroatoms. The van der Waals surface area contributed by atoms with Crippen molar-refractivity contribution in [3.05, 3.63) is 12.2 Å². The monoisotopic (exact) mass is 171 g/mol. The molecular weight excluding hydrogens is 154 g/mol. The third-order valence-electron chi connectivity index (χ3n) is 1.71. The van der Waals surface area contributed by atoms with Crippen LogP contribution in [0.2, 0.25) is 0 Å². The van der Waals surface area contributed by atoms with E-state index in [-0.39, 0.29) is 11.9 Å². The van der Waals surface area contributed by atoms with Gasteiger partial charge in [0.05, 0.1) is 6.61 Å². The van der Waals surface area contributed by atoms with Crippen LogP contribution in [0.1, 0.15) is 20.3 Å². The number of esters is 1. The fourth-order valence-electron chi connectivity index (χ4n) is 0.669. The summed E-state index contributed by atoms with van der Waals surface area (Å²) in [6.45, 7) is 8.09. The summed E-state index contributed by atoms with van der Waals surface area (Å²) in [4.78, 5) is 10.9. The minimum atomic E-state index is -0.332. The second-order valence-electron chi connectivity index (χ2n) is 2.89. The van der Waals surface area contributed by atoms with Gasteiger partial charge in [-0.25, -0.2) is 4.79 Å². The molecule has 2 N–H and O–H groups in total. The highest BCUT2D eigenvalue weighted by molar-refractivity contribution is 5.86. The Morgan fingerprint density at radius 2 is 2.25 bits per heavy atom. The van der Waals surface area contributed by atoms with Crippen molar-refractivity contribution in [3.63, 3.8) is 0 Å². The lowest BCUT2D eigenvalue weighted by Gasteiger charge is -2.11. The third kappa shape index (κ3) is 4.13. The quantitative estimate of drug-likeness (QED) is 0.497. The fraction of sp³-hybridized carbons (Fsp3) is 0.667. The summed E-state index contributed by atoms with van der Waals surface area (Å²) in [5.41, 5.74) is 5.86. The summed E-state index contributed by atoms with van der Waals surface area (Å²) >= 11 is 0. The first-order chi connectivity index (χ1) is 5.61. The highest BCUT2D eigenvalue weighted by Gasteiger charge is 2.08. The maximum Gasteiger partial charge on any atom is 0.333 e. The molecule has 0 aliphatic carbocycles. The zero-order chi connectivity index (χ0) is 9.56. The Hall–Kier alpha value is -0.830. The van der Waals surface area contributed by atoms with E-state index >= 15 is 0 Å². The van der Waals surface area contributed by atoms with Gasteiger partial charge in [0.15, 0.2) is 0 Å². The Morgan fingerprint density at radius 1 is 1.67 bits per heavy atom. The molecule has 0 bridgehead atoms. The number of nitrogens with two attached hydrogens (primary N) is 1. The van der Waals surface area contributed by atoms with E-state index in [0.29, 0.717) is 18.7 Å². The second kappa shape index (κ2) is 5.77. The maximum atomic E-state index is 10.9. The zero-order valence-corrected chi connectivity index (χ0v) is 7.80. The molecule has 0 aliphatic rings. The van der Waals surface area contributed by atoms with Gasteiger partial charge in [-0.2, -0.15) is 0 Å². The van der Waals surface area contributed by atoms with Gasteiger partial charge >= 0.3 is 5.97 Å². The minimum Gasteiger partial charge on any atom is -0.462 e. The summed E-state index contributed by atoms with van der Waals surface area (Å²) in [6, 6.07) is 0. The van der Waals surface area contributed by atoms with Crippen molar-refractivity contribution in [2.24, 2.45) is 11.7 Å². The number of carbonyl (C=O) groups is 1. The molecule has 0 saturated heterocycles. The Morgan fingerprint density at radius 3 is 2.58 bits per heavy atom. The molecule has 3 nitrogen and oxygen atoms in total. The standard InChI is InChI=1S/C9H17NO2/c1-4-8(5-10)6-12-9(11)7(2)3/h8H,2,4-6,10H2,1,3H3. The van der Waals surface area contributed by atoms with Crippen LogP contribution in [-0.2, 0) is 9.53 Å². The van der Waals surface area contributed by atoms with E-state index in [4.69, 9.17) is 10.5 Å². The van der Waals surface area contributed by atoms with E-state index in [2.05, 4.69) is 6.58 Å². The molecule has 0 aliphatic heterocycles. The summed E-state index contributed by atoms with van der Waals surface area (Å²) in [5, 5.41) is 0. The molecule has 0 saturated carbocycles. The lowest BCUT2D eigenvalue weighted by atomic mass is 10.1. The summed E-state index contributed by atoms with van der Waals surface area (Å²) in [5.74, 6) is -0.0600. The Kier molecular flexibility index (Phi) is 5.37. The van der Waals surface area contributed by atoms with E-state index in [0.717, 1.165) is 6.42 Å². The van der Waals surface area contributed by atoms with Crippen LogP contribution in [0.3, 0.4) is 0 Å². The van der Waals surface area contributed by atoms with Gasteiger partial charge in [0, 0.05) is 11.5 Å². The van der Waals surface area contributed by atoms with Gasteiger partial charge in [0.25, 0.3) is 0 Å². The second-order valence-corrected chi connectivity index (χ2v) is 2.89. The molecule has 0 aromatic carbocycles. The molecule has 0 heterocycles. The molecular formula is C9H17NO2. The molecule has 0 rings (SSSR count). The average molecular weight is 171 g/mol. The smallest absolute Gasteiger partial charge is 0.333 e. The van der Waals surface area contributed by atoms with Gasteiger partial charge in [-0.1, -0.05) is 13.5 Å². The Balaban J connectivity index is 3.66. The van der Waals surface area contributed by atoms with Gasteiger partial charge in [-0.15, -0.1) is 0 Å². The van der Waals surface area contributed by atoms with Gasteiger partial charge in [-0.05, 0) is 19.9 Å². The molecule has 0 aromatic heterocycles. The predicted molar refractivity (Wildman–Crippen MR) is 48.6 cm³/mol. The summed E-state index contributed by atoms with van der Waals surface area (Å²) in [7, 11) is 0. The molecule has 0 radical (unpaired) electrons. The SMILES string of the molecule is C=C(C)C(=O)OCC(CC)CN. The molecule has 0 aromatic rings. The van der Waals surface area contributed by atoms with Gasteiger partial charge < -0.3 is 10.5 Å². The lowest BCUT2D eigenvalue weighted by Crippen LogP contribution is -2.21. The predicted octanol–water partition coefficient (Wildman–Crippen LogP) is 1.09. The number of rotatable bonds is 5. The van der Waals surface area contributed by atoms with E-state index in [1.54, 1.807) is 6.92 Å². The highest BCUT2D eigenvalue weighted by atomic mass is 16.5. The Bertz CT molecular complexity index is 162. The molecule has 0 spiro atoms. The first-order valence-electron chi connectivity index (χ1n) is 4.14. The van der Waals surface area contributed by atoms with Crippen LogP contribution in [0.4, 0.5) is 0 Å². The summed E-state index contributed by atoms with van der Waals surface area (Å²) in [6.07, 6.45) is 0.931. The third-order valence-corrected chi connectivity index (χ3v) is 1.71. The highest BCUT2D eigenvalue weighted by Crippen LogP contribution is 2.02. The largest absolute Gasteiger partial charge is 0.462 e. The molecule has 0 amide bonds. The van der Waals surface area contributed by atoms with Crippen LogP contribution in [0.15, 0.2) is 12.2 Å². The Labute approximate surface area is 73.6 Å². The van der Waals surface area contributed by atoms with Crippen LogP contribution >= 0.6 is 0 Å². The van der Waals surface area contributed by atoms with Crippen molar-refractivity contribution >= 4 is 5.97 Å². The molecule has 1 unspecified atom stereocenters. The fourth-order valence-corrected chi connectivity index (χ4v) is 0.669. The van der Waals surface area contributed by atoms with Crippen molar-refractivity contribution in [1.29, 1.82) is 0 Å². The number of ether oxygens (including phenoxy) is 1. The van der Waals surface area contributed by atoms with Gasteiger partial charge in [0.1, 0.15) is 0 Å². The zero-order valence-electron chi connectivity index (χ0n) is 7.80. The number of hydrogen-bond acceptors (Lipinski definition) is 3. The van der Waals surface area contributed by atoms with Crippen molar-refractivity contribution in [2.45, 2.75) is 20.3 Å². The van der Waals surface area contributed by atoms with E-state index in [9.17, 15) is 4.79 Å². The number of carbonyl (C=O) groups excluding carboxylic acids is 1. The van der Waals surface area contributed by atoms with E-state index in [1.807, 2.05) is 6.92 Å². The van der Waals surface area contributed by atoms with Gasteiger partial charge in [-0.3, -0.25) is 0 Å². The molecule has 12 heavy (non-hydrogen) atoms. The van der Waals surface area contributed by atoms with Crippen LogP contribution in [0.25, 0.3) is 0 Å². The first-order valence-corrected chi connectivity index (χ1v) is 4.14. The van der Waals surface area contributed by atoms with Crippen LogP contribution in [0.5, 0.6) is 0 Å². The van der Waals surface area contributed by atoms with Gasteiger partial charge in [0.2, 0.25) is 0 Å². The van der Waals surface area contributed by atoms with E-state index in [1.165, 1.54) is 0 Å². The minimum absolute atomic E-state index is 0.272. The van der Waals surface area contributed by atoms with Crippen LogP contribution in [0, 0.1) is 5.92 Å². The normalized spacial score (nSPS) is 12.2. The molecule has 70 valence electrons. The topological polar surface area (TPSA) is 52.3 Å². The van der Waals surface area contributed by atoms with Crippen molar-refractivity contribution < 1.29 is 9.53 Å². The van der Waals surface area contributed by atoms with Crippen molar-refractivity contribution in [1.82, 2.24) is 0 Å². The van der Waals surface area contributed by atoms with Crippen molar-refractivity contribution in [2.75, 3.05) is 13.2 Å². The number of hydrogen-bond donors (Lipinski definition) is 1. The molecule has 1 atom stereocenters.